The Hall–Kier alpha value is -3.21. The van der Waals surface area contributed by atoms with Gasteiger partial charge in [-0.1, -0.05) is 12.1 Å². The summed E-state index contributed by atoms with van der Waals surface area (Å²) < 4.78 is 35.7. The number of nitrogens with zero attached hydrogens (tertiary/aromatic N) is 2. The number of pyridine rings is 1. The van der Waals surface area contributed by atoms with E-state index >= 15 is 0 Å². The predicted octanol–water partition coefficient (Wildman–Crippen LogP) is 0.984. The molecule has 1 aromatic heterocycles. The molecule has 0 radical (unpaired) electrons. The lowest BCUT2D eigenvalue weighted by molar-refractivity contribution is -0.192. The number of aliphatic imine (C=N–C) groups is 1. The number of amides is 1. The zero-order chi connectivity index (χ0) is 23.1. The number of nitrogens with two attached hydrogens (primary N) is 1. The van der Waals surface area contributed by atoms with Crippen LogP contribution in [0.2, 0.25) is 0 Å². The second-order valence-corrected chi connectivity index (χ2v) is 8.04. The molecule has 0 saturated carbocycles. The lowest BCUT2D eigenvalue weighted by Crippen LogP contribution is -2.60. The zero-order valence-corrected chi connectivity index (χ0v) is 17.1. The quantitative estimate of drug-likeness (QED) is 0.556. The summed E-state index contributed by atoms with van der Waals surface area (Å²) in [6.07, 6.45) is 1.76. The molecule has 0 aliphatic carbocycles. The van der Waals surface area contributed by atoms with Gasteiger partial charge in [0.1, 0.15) is 29.1 Å². The van der Waals surface area contributed by atoms with Crippen LogP contribution in [0, 0.1) is 11.6 Å². The summed E-state index contributed by atoms with van der Waals surface area (Å²) >= 11 is 0. The van der Waals surface area contributed by atoms with Crippen molar-refractivity contribution in [1.29, 1.82) is 0 Å². The Bertz CT molecular complexity index is 1090. The molecule has 1 saturated heterocycles. The lowest BCUT2D eigenvalue weighted by atomic mass is 9.82. The van der Waals surface area contributed by atoms with Crippen molar-refractivity contribution in [3.63, 3.8) is 0 Å². The molecule has 8 nitrogen and oxygen atoms in total. The molecule has 3 heterocycles. The molecule has 1 aromatic carbocycles. The van der Waals surface area contributed by atoms with Gasteiger partial charge in [0.25, 0.3) is 5.91 Å². The standard InChI is InChI=1S/C22H22F2N4O4/c1-21(31)11-32-17(8-16(21)29)22(18-14(23)5-2-6-15(18)24)27-10-13(19(28-22)20(25)30)12-4-3-7-26-9-12/h2-7,9-10,16-17,27,29,31H,8,11H2,1H3,(H2,25,30). The summed E-state index contributed by atoms with van der Waals surface area (Å²) in [6, 6.07) is 6.62. The van der Waals surface area contributed by atoms with Gasteiger partial charge in [0, 0.05) is 36.2 Å². The van der Waals surface area contributed by atoms with Gasteiger partial charge in [-0.3, -0.25) is 9.78 Å². The van der Waals surface area contributed by atoms with E-state index in [0.717, 1.165) is 12.1 Å². The topological polar surface area (TPSA) is 130 Å². The van der Waals surface area contributed by atoms with Crippen LogP contribution < -0.4 is 11.1 Å². The molecule has 2 aliphatic heterocycles. The molecule has 4 rings (SSSR count). The normalized spacial score (nSPS) is 30.2. The highest BCUT2D eigenvalue weighted by Crippen LogP contribution is 2.41. The molecular weight excluding hydrogens is 422 g/mol. The Labute approximate surface area is 182 Å². The zero-order valence-electron chi connectivity index (χ0n) is 17.1. The van der Waals surface area contributed by atoms with Gasteiger partial charge in [-0.05, 0) is 25.1 Å². The van der Waals surface area contributed by atoms with Gasteiger partial charge in [-0.15, -0.1) is 0 Å². The van der Waals surface area contributed by atoms with Crippen LogP contribution >= 0.6 is 0 Å². The summed E-state index contributed by atoms with van der Waals surface area (Å²) in [6.45, 7) is 1.07. The van der Waals surface area contributed by atoms with Crippen LogP contribution in [0.15, 0.2) is 53.9 Å². The van der Waals surface area contributed by atoms with Crippen LogP contribution in [0.25, 0.3) is 5.57 Å². The van der Waals surface area contributed by atoms with Crippen molar-refractivity contribution in [1.82, 2.24) is 10.3 Å². The van der Waals surface area contributed by atoms with Gasteiger partial charge in [0.2, 0.25) is 0 Å². The summed E-state index contributed by atoms with van der Waals surface area (Å²) in [5.41, 5.74) is 2.11. The summed E-state index contributed by atoms with van der Waals surface area (Å²) in [7, 11) is 0. The maximum atomic E-state index is 15.0. The number of aliphatic hydroxyl groups is 2. The monoisotopic (exact) mass is 444 g/mol. The second kappa shape index (κ2) is 8.05. The number of ether oxygens (including phenoxy) is 1. The number of aromatic nitrogens is 1. The van der Waals surface area contributed by atoms with Gasteiger partial charge in [-0.2, -0.15) is 0 Å². The molecule has 2 aromatic rings. The number of nitrogens with one attached hydrogen (secondary N) is 1. The minimum atomic E-state index is -1.97. The lowest BCUT2D eigenvalue weighted by Gasteiger charge is -2.46. The van der Waals surface area contributed by atoms with Gasteiger partial charge in [0.05, 0.1) is 18.3 Å². The number of hydrogen-bond donors (Lipinski definition) is 4. The van der Waals surface area contributed by atoms with E-state index in [-0.39, 0.29) is 24.3 Å². The fourth-order valence-corrected chi connectivity index (χ4v) is 3.95. The van der Waals surface area contributed by atoms with Crippen LogP contribution in [0.3, 0.4) is 0 Å². The number of rotatable bonds is 4. The van der Waals surface area contributed by atoms with Crippen molar-refractivity contribution < 1.29 is 28.5 Å². The number of primary amides is 1. The number of hydrogen-bond acceptors (Lipinski definition) is 7. The second-order valence-electron chi connectivity index (χ2n) is 8.04. The van der Waals surface area contributed by atoms with E-state index in [9.17, 15) is 23.8 Å². The van der Waals surface area contributed by atoms with E-state index in [2.05, 4.69) is 15.3 Å². The van der Waals surface area contributed by atoms with Crippen molar-refractivity contribution in [2.24, 2.45) is 10.7 Å². The molecule has 10 heteroatoms. The van der Waals surface area contributed by atoms with Crippen molar-refractivity contribution in [2.45, 2.75) is 36.8 Å². The van der Waals surface area contributed by atoms with Gasteiger partial charge in [-0.25, -0.2) is 13.8 Å². The molecule has 4 atom stereocenters. The fraction of sp³-hybridized carbons (Fsp3) is 0.318. The van der Waals surface area contributed by atoms with Crippen molar-refractivity contribution >= 4 is 17.2 Å². The third kappa shape index (κ3) is 3.66. The van der Waals surface area contributed by atoms with E-state index in [1.165, 1.54) is 25.4 Å². The van der Waals surface area contributed by atoms with Gasteiger partial charge in [0.15, 0.2) is 5.66 Å². The first-order chi connectivity index (χ1) is 15.2. The molecule has 0 spiro atoms. The maximum absolute atomic E-state index is 15.0. The van der Waals surface area contributed by atoms with E-state index in [1.807, 2.05) is 0 Å². The number of benzene rings is 1. The highest BCUT2D eigenvalue weighted by Gasteiger charge is 2.52. The molecule has 1 amide bonds. The van der Waals surface area contributed by atoms with Crippen molar-refractivity contribution in [3.05, 3.63) is 71.7 Å². The van der Waals surface area contributed by atoms with Crippen molar-refractivity contribution in [3.8, 4) is 0 Å². The SMILES string of the molecule is CC1(O)COC(C2(c3c(F)cccc3F)N=C(C(N)=O)C(c3cccnc3)=CN2)CC1O. The number of carbonyl (C=O) groups is 1. The van der Waals surface area contributed by atoms with E-state index in [4.69, 9.17) is 10.5 Å². The number of aliphatic hydroxyl groups excluding tert-OH is 1. The minimum absolute atomic E-state index is 0.223. The molecule has 0 bridgehead atoms. The highest BCUT2D eigenvalue weighted by molar-refractivity contribution is 6.55. The van der Waals surface area contributed by atoms with E-state index < -0.39 is 46.6 Å². The molecule has 1 fully saturated rings. The number of carbonyl (C=O) groups excluding carboxylic acids is 1. The van der Waals surface area contributed by atoms with Crippen molar-refractivity contribution in [2.75, 3.05) is 6.61 Å². The first-order valence-electron chi connectivity index (χ1n) is 9.90. The van der Waals surface area contributed by atoms with E-state index in [0.29, 0.717) is 5.56 Å². The molecule has 32 heavy (non-hydrogen) atoms. The third-order valence-electron chi connectivity index (χ3n) is 5.73. The van der Waals surface area contributed by atoms with Gasteiger partial charge < -0.3 is 26.0 Å². The summed E-state index contributed by atoms with van der Waals surface area (Å²) in [4.78, 5) is 20.8. The molecular formula is C22H22F2N4O4. The van der Waals surface area contributed by atoms with Crippen LogP contribution in [0.1, 0.15) is 24.5 Å². The molecule has 4 unspecified atom stereocenters. The molecule has 168 valence electrons. The molecule has 2 aliphatic rings. The highest BCUT2D eigenvalue weighted by atomic mass is 19.1. The van der Waals surface area contributed by atoms with Crippen LogP contribution in [-0.2, 0) is 15.2 Å². The Kier molecular flexibility index (Phi) is 5.53. The van der Waals surface area contributed by atoms with Crippen LogP contribution in [0.5, 0.6) is 0 Å². The average Bonchev–Trinajstić information content (AvgIpc) is 2.76. The molecule has 5 N–H and O–H groups in total. The predicted molar refractivity (Wildman–Crippen MR) is 111 cm³/mol. The Morgan fingerprint density at radius 2 is 2.00 bits per heavy atom. The first kappa shape index (κ1) is 22.0. The summed E-state index contributed by atoms with van der Waals surface area (Å²) in [5.74, 6) is -2.79. The van der Waals surface area contributed by atoms with Crippen LogP contribution in [-0.4, -0.2) is 51.2 Å². The third-order valence-corrected chi connectivity index (χ3v) is 5.73. The summed E-state index contributed by atoms with van der Waals surface area (Å²) in [5, 5.41) is 23.6. The Balaban J connectivity index is 1.90. The average molecular weight is 444 g/mol. The minimum Gasteiger partial charge on any atom is -0.390 e. The van der Waals surface area contributed by atoms with Gasteiger partial charge >= 0.3 is 0 Å². The number of halogens is 2. The maximum Gasteiger partial charge on any atom is 0.267 e. The first-order valence-corrected chi connectivity index (χ1v) is 9.90. The van der Waals surface area contributed by atoms with E-state index in [1.54, 1.807) is 18.3 Å². The van der Waals surface area contributed by atoms with Crippen LogP contribution in [0.4, 0.5) is 8.78 Å². The Morgan fingerprint density at radius 1 is 1.28 bits per heavy atom. The fourth-order valence-electron chi connectivity index (χ4n) is 3.95. The smallest absolute Gasteiger partial charge is 0.267 e. The largest absolute Gasteiger partial charge is 0.390 e. The Morgan fingerprint density at radius 3 is 2.59 bits per heavy atom.